The number of amides is 1. The highest BCUT2D eigenvalue weighted by Gasteiger charge is 2.24. The van der Waals surface area contributed by atoms with E-state index in [1.165, 1.54) is 18.3 Å². The van der Waals surface area contributed by atoms with Crippen molar-refractivity contribution in [2.75, 3.05) is 10.6 Å². The molecule has 2 heterocycles. The summed E-state index contributed by atoms with van der Waals surface area (Å²) < 4.78 is 14.5. The predicted molar refractivity (Wildman–Crippen MR) is 101 cm³/mol. The summed E-state index contributed by atoms with van der Waals surface area (Å²) in [5.74, 6) is -2.86. The van der Waals surface area contributed by atoms with Crippen molar-refractivity contribution in [2.24, 2.45) is 11.5 Å². The van der Waals surface area contributed by atoms with Crippen molar-refractivity contribution in [3.8, 4) is 0 Å². The van der Waals surface area contributed by atoms with Crippen LogP contribution in [0.3, 0.4) is 0 Å². The first-order valence-electron chi connectivity index (χ1n) is 8.84. The van der Waals surface area contributed by atoms with Crippen LogP contribution in [0.4, 0.5) is 21.7 Å². The molecule has 0 spiro atoms. The van der Waals surface area contributed by atoms with Gasteiger partial charge in [-0.15, -0.1) is 0 Å². The molecule has 1 aliphatic carbocycles. The third-order valence-electron chi connectivity index (χ3n) is 4.62. The van der Waals surface area contributed by atoms with E-state index in [9.17, 15) is 14.0 Å². The Morgan fingerprint density at radius 1 is 1.21 bits per heavy atom. The number of aromatic nitrogens is 2. The number of carboxylic acid groups (broad SMARTS) is 1. The Kier molecular flexibility index (Phi) is 5.69. The second kappa shape index (κ2) is 8.17. The highest BCUT2D eigenvalue weighted by molar-refractivity contribution is 5.98. The second-order valence-corrected chi connectivity index (χ2v) is 6.64. The largest absolute Gasteiger partial charge is 0.477 e. The van der Waals surface area contributed by atoms with Crippen molar-refractivity contribution in [3.05, 3.63) is 41.5 Å². The van der Waals surface area contributed by atoms with Crippen molar-refractivity contribution >= 4 is 29.2 Å². The van der Waals surface area contributed by atoms with Crippen molar-refractivity contribution in [1.29, 1.82) is 0 Å². The van der Waals surface area contributed by atoms with Crippen LogP contribution in [-0.4, -0.2) is 39.0 Å². The minimum Gasteiger partial charge on any atom is -0.477 e. The van der Waals surface area contributed by atoms with E-state index in [-0.39, 0.29) is 35.0 Å². The molecule has 148 valence electrons. The minimum absolute atomic E-state index is 0.00307. The number of nitrogens with zero attached hydrogens (tertiary/aromatic N) is 2. The van der Waals surface area contributed by atoms with Crippen LogP contribution < -0.4 is 22.1 Å². The summed E-state index contributed by atoms with van der Waals surface area (Å²) in [6, 6.07) is 3.49. The number of carboxylic acids is 1. The zero-order chi connectivity index (χ0) is 20.3. The highest BCUT2D eigenvalue weighted by Crippen LogP contribution is 2.26. The molecule has 3 rings (SSSR count). The number of carbonyl (C=O) groups is 2. The molecule has 2 aromatic rings. The van der Waals surface area contributed by atoms with Gasteiger partial charge in [-0.2, -0.15) is 0 Å². The summed E-state index contributed by atoms with van der Waals surface area (Å²) in [6.45, 7) is 0. The van der Waals surface area contributed by atoms with E-state index in [1.807, 2.05) is 0 Å². The van der Waals surface area contributed by atoms with Gasteiger partial charge in [-0.3, -0.25) is 4.79 Å². The molecular weight excluding hydrogens is 367 g/mol. The standard InChI is InChI=1S/C18H21FN6O3/c19-11-8-10(15(21)26)16(23-9-5-6-22-14(7-9)18(27)28)25-17(11)24-13-4-2-1-3-12(13)20/h5-8,12-13H,1-4,20H2,(H2,21,26)(H,27,28)(H2,22,23,24,25)/t12-,13+/m0/s1. The van der Waals surface area contributed by atoms with E-state index in [0.29, 0.717) is 5.69 Å². The van der Waals surface area contributed by atoms with Gasteiger partial charge < -0.3 is 27.2 Å². The van der Waals surface area contributed by atoms with Crippen molar-refractivity contribution in [3.63, 3.8) is 0 Å². The van der Waals surface area contributed by atoms with Gasteiger partial charge in [0.2, 0.25) is 0 Å². The minimum atomic E-state index is -1.21. The van der Waals surface area contributed by atoms with E-state index in [4.69, 9.17) is 16.6 Å². The van der Waals surface area contributed by atoms with Gasteiger partial charge in [0, 0.05) is 24.0 Å². The molecule has 1 amide bonds. The van der Waals surface area contributed by atoms with Gasteiger partial charge in [0.25, 0.3) is 5.91 Å². The van der Waals surface area contributed by atoms with Crippen LogP contribution in [-0.2, 0) is 0 Å². The number of halogens is 1. The van der Waals surface area contributed by atoms with Gasteiger partial charge >= 0.3 is 5.97 Å². The van der Waals surface area contributed by atoms with E-state index in [2.05, 4.69) is 20.6 Å². The Bertz CT molecular complexity index is 907. The molecule has 0 unspecified atom stereocenters. The molecule has 10 heteroatoms. The number of primary amides is 1. The van der Waals surface area contributed by atoms with Crippen LogP contribution in [0.2, 0.25) is 0 Å². The topological polar surface area (TPSA) is 156 Å². The number of nitrogens with two attached hydrogens (primary N) is 2. The van der Waals surface area contributed by atoms with Crippen LogP contribution in [0.1, 0.15) is 46.5 Å². The fourth-order valence-electron chi connectivity index (χ4n) is 3.15. The Hall–Kier alpha value is -3.27. The van der Waals surface area contributed by atoms with Gasteiger partial charge in [0.1, 0.15) is 11.5 Å². The molecule has 2 atom stereocenters. The number of aromatic carboxylic acids is 1. The Balaban J connectivity index is 1.93. The number of hydrogen-bond donors (Lipinski definition) is 5. The maximum Gasteiger partial charge on any atom is 0.354 e. The Morgan fingerprint density at radius 3 is 2.64 bits per heavy atom. The fourth-order valence-corrected chi connectivity index (χ4v) is 3.15. The summed E-state index contributed by atoms with van der Waals surface area (Å²) in [5.41, 5.74) is 11.4. The third kappa shape index (κ3) is 4.34. The number of hydrogen-bond acceptors (Lipinski definition) is 7. The molecule has 0 aromatic carbocycles. The average molecular weight is 388 g/mol. The first-order chi connectivity index (χ1) is 13.3. The van der Waals surface area contributed by atoms with Crippen LogP contribution in [0, 0.1) is 5.82 Å². The average Bonchev–Trinajstić information content (AvgIpc) is 2.66. The smallest absolute Gasteiger partial charge is 0.354 e. The van der Waals surface area contributed by atoms with E-state index in [0.717, 1.165) is 31.7 Å². The molecule has 9 nitrogen and oxygen atoms in total. The number of carbonyl (C=O) groups excluding carboxylic acids is 1. The van der Waals surface area contributed by atoms with Crippen molar-refractivity contribution in [2.45, 2.75) is 37.8 Å². The van der Waals surface area contributed by atoms with E-state index < -0.39 is 17.7 Å². The van der Waals surface area contributed by atoms with Gasteiger partial charge in [-0.1, -0.05) is 12.8 Å². The molecule has 0 saturated heterocycles. The first-order valence-corrected chi connectivity index (χ1v) is 8.84. The molecule has 1 fully saturated rings. The number of rotatable bonds is 6. The van der Waals surface area contributed by atoms with Gasteiger partial charge in [-0.05, 0) is 31.0 Å². The summed E-state index contributed by atoms with van der Waals surface area (Å²) in [5, 5.41) is 14.9. The number of nitrogens with one attached hydrogen (secondary N) is 2. The molecule has 7 N–H and O–H groups in total. The SMILES string of the molecule is NC(=O)c1cc(F)c(N[C@@H]2CCCC[C@@H]2N)nc1Nc1ccnc(C(=O)O)c1. The van der Waals surface area contributed by atoms with E-state index >= 15 is 0 Å². The zero-order valence-electron chi connectivity index (χ0n) is 15.0. The lowest BCUT2D eigenvalue weighted by Gasteiger charge is -2.30. The predicted octanol–water partition coefficient (Wildman–Crippen LogP) is 1.84. The lowest BCUT2D eigenvalue weighted by Crippen LogP contribution is -2.43. The van der Waals surface area contributed by atoms with Crippen LogP contribution in [0.5, 0.6) is 0 Å². The maximum absolute atomic E-state index is 14.5. The molecule has 1 aliphatic rings. The lowest BCUT2D eigenvalue weighted by atomic mass is 9.91. The third-order valence-corrected chi connectivity index (χ3v) is 4.62. The fraction of sp³-hybridized carbons (Fsp3) is 0.333. The summed E-state index contributed by atoms with van der Waals surface area (Å²) >= 11 is 0. The molecule has 1 saturated carbocycles. The first kappa shape index (κ1) is 19.5. The van der Waals surface area contributed by atoms with Crippen LogP contribution in [0.25, 0.3) is 0 Å². The van der Waals surface area contributed by atoms with Gasteiger partial charge in [0.15, 0.2) is 11.6 Å². The maximum atomic E-state index is 14.5. The normalized spacial score (nSPS) is 19.1. The van der Waals surface area contributed by atoms with Crippen molar-refractivity contribution < 1.29 is 19.1 Å². The molecule has 0 radical (unpaired) electrons. The molecule has 0 aliphatic heterocycles. The van der Waals surface area contributed by atoms with Gasteiger partial charge in [-0.25, -0.2) is 19.2 Å². The monoisotopic (exact) mass is 388 g/mol. The van der Waals surface area contributed by atoms with Gasteiger partial charge in [0.05, 0.1) is 5.56 Å². The molecular formula is C18H21FN6O3. The highest BCUT2D eigenvalue weighted by atomic mass is 19.1. The second-order valence-electron chi connectivity index (χ2n) is 6.64. The zero-order valence-corrected chi connectivity index (χ0v) is 15.0. The lowest BCUT2D eigenvalue weighted by molar-refractivity contribution is 0.0690. The number of pyridine rings is 2. The summed E-state index contributed by atoms with van der Waals surface area (Å²) in [4.78, 5) is 30.7. The number of anilines is 3. The molecule has 28 heavy (non-hydrogen) atoms. The van der Waals surface area contributed by atoms with Crippen LogP contribution in [0.15, 0.2) is 24.4 Å². The molecule has 0 bridgehead atoms. The summed E-state index contributed by atoms with van der Waals surface area (Å²) in [7, 11) is 0. The quantitative estimate of drug-likeness (QED) is 0.502. The van der Waals surface area contributed by atoms with Crippen LogP contribution >= 0.6 is 0 Å². The summed E-state index contributed by atoms with van der Waals surface area (Å²) in [6.07, 6.45) is 4.91. The Morgan fingerprint density at radius 2 is 1.96 bits per heavy atom. The Labute approximate surface area is 160 Å². The molecule has 2 aromatic heterocycles. The van der Waals surface area contributed by atoms with Crippen molar-refractivity contribution in [1.82, 2.24) is 9.97 Å². The van der Waals surface area contributed by atoms with E-state index in [1.54, 1.807) is 0 Å².